The van der Waals surface area contributed by atoms with Gasteiger partial charge in [0.05, 0.1) is 12.4 Å². The Bertz CT molecular complexity index is 1300. The molecule has 0 spiro atoms. The first-order chi connectivity index (χ1) is 18.2. The summed E-state index contributed by atoms with van der Waals surface area (Å²) in [7, 11) is 0. The molecule has 1 aromatic rings. The molecule has 5 heterocycles. The van der Waals surface area contributed by atoms with Gasteiger partial charge in [0.25, 0.3) is 11.8 Å². The smallest absolute Gasteiger partial charge is 0.352 e. The number of nitrogens with two attached hydrogens (primary N) is 1. The van der Waals surface area contributed by atoms with Crippen LogP contribution in [0.2, 0.25) is 0 Å². The van der Waals surface area contributed by atoms with E-state index >= 15 is 0 Å². The van der Waals surface area contributed by atoms with E-state index < -0.39 is 35.2 Å². The minimum absolute atomic E-state index is 0.00466. The Hall–Kier alpha value is -3.86. The molecule has 0 radical (unpaired) electrons. The number of amides is 3. The average Bonchev–Trinajstić information content (AvgIpc) is 3.63. The lowest BCUT2D eigenvalue weighted by molar-refractivity contribution is -0.150. The maximum atomic E-state index is 13.1. The molecule has 17 heteroatoms. The minimum Gasteiger partial charge on any atom is -0.477 e. The van der Waals surface area contributed by atoms with Crippen molar-refractivity contribution in [3.8, 4) is 0 Å². The molecule has 0 aromatic carbocycles. The summed E-state index contributed by atoms with van der Waals surface area (Å²) in [6, 6.07) is -2.68. The normalized spacial score (nSPS) is 26.9. The molecule has 3 saturated heterocycles. The Morgan fingerprint density at radius 3 is 2.74 bits per heavy atom. The molecule has 1 unspecified atom stereocenters. The molecule has 15 nitrogen and oxygen atoms in total. The molecule has 38 heavy (non-hydrogen) atoms. The lowest BCUT2D eigenvalue weighted by Gasteiger charge is -2.49. The van der Waals surface area contributed by atoms with Crippen LogP contribution in [-0.2, 0) is 19.2 Å². The van der Waals surface area contributed by atoms with Gasteiger partial charge in [-0.1, -0.05) is 0 Å². The number of carbonyl (C=O) groups excluding carboxylic acids is 3. The highest BCUT2D eigenvalue weighted by molar-refractivity contribution is 8.00. The third-order valence-electron chi connectivity index (χ3n) is 6.88. The zero-order chi connectivity index (χ0) is 27.1. The largest absolute Gasteiger partial charge is 0.477 e. The van der Waals surface area contributed by atoms with Crippen LogP contribution in [0.4, 0.5) is 5.13 Å². The molecule has 3 amide bonds. The maximum absolute atomic E-state index is 13.1. The summed E-state index contributed by atoms with van der Waals surface area (Å²) in [4.78, 5) is 70.6. The van der Waals surface area contributed by atoms with Crippen molar-refractivity contribution in [2.45, 2.75) is 36.3 Å². The van der Waals surface area contributed by atoms with Crippen molar-refractivity contribution in [1.29, 1.82) is 5.41 Å². The monoisotopic (exact) mass is 561 g/mol. The highest BCUT2D eigenvalue weighted by Crippen LogP contribution is 2.41. The highest BCUT2D eigenvalue weighted by Gasteiger charge is 2.54. The van der Waals surface area contributed by atoms with Crippen LogP contribution in [0.5, 0.6) is 0 Å². The van der Waals surface area contributed by atoms with Gasteiger partial charge in [0, 0.05) is 42.5 Å². The Balaban J connectivity index is 1.31. The molecule has 5 N–H and O–H groups in total. The number of β-lactam (4-membered cyclic amide) rings is 1. The third kappa shape index (κ3) is 4.40. The van der Waals surface area contributed by atoms with Crippen LogP contribution in [0.15, 0.2) is 28.1 Å². The number of carboxylic acids is 1. The zero-order valence-corrected chi connectivity index (χ0v) is 21.4. The van der Waals surface area contributed by atoms with Gasteiger partial charge in [-0.15, -0.1) is 16.7 Å². The Morgan fingerprint density at radius 2 is 2.11 bits per heavy atom. The van der Waals surface area contributed by atoms with Gasteiger partial charge in [0.15, 0.2) is 11.0 Å². The number of likely N-dealkylation sites (tertiary alicyclic amines) is 2. The number of nitrogens with one attached hydrogen (secondary N) is 2. The van der Waals surface area contributed by atoms with Crippen LogP contribution < -0.4 is 11.1 Å². The number of anilines is 1. The fourth-order valence-corrected chi connectivity index (χ4v) is 6.79. The second-order valence-corrected chi connectivity index (χ2v) is 10.9. The van der Waals surface area contributed by atoms with Crippen molar-refractivity contribution in [3.05, 3.63) is 33.7 Å². The van der Waals surface area contributed by atoms with Gasteiger partial charge in [0.2, 0.25) is 11.9 Å². The summed E-state index contributed by atoms with van der Waals surface area (Å²) in [5.41, 5.74) is 6.07. The fraction of sp³-hybridized carbons (Fsp3) is 0.476. The summed E-state index contributed by atoms with van der Waals surface area (Å²) in [5.74, 6) is -3.03. The number of nitrogen functional groups attached to an aromatic ring is 1. The van der Waals surface area contributed by atoms with Gasteiger partial charge in [-0.25, -0.2) is 9.78 Å². The molecule has 1 aromatic heterocycles. The van der Waals surface area contributed by atoms with Crippen LogP contribution in [0, 0.1) is 10.3 Å². The predicted octanol–water partition coefficient (Wildman–Crippen LogP) is -0.494. The van der Waals surface area contributed by atoms with Crippen molar-refractivity contribution >= 4 is 58.5 Å². The minimum atomic E-state index is -1.60. The summed E-state index contributed by atoms with van der Waals surface area (Å²) < 4.78 is 3.81. The standard InChI is InChI=1S/C21H23N9O6S2/c22-8-28-3-2-11(6-28)29-4-1-9(17(29)32)5-10-7-37-19-13(18(33)30(19)14(10)20(34)35)24-16(31)12(26-36)15-25-21(23)38-27-15/h5,8,11-13,19,22H,1-4,6-7H2,(H,24,31)(H,34,35)(H2,23,25,27)/t11-,12?,13-,19-/m1/s1. The molecule has 0 aliphatic carbocycles. The summed E-state index contributed by atoms with van der Waals surface area (Å²) >= 11 is 2.03. The quantitative estimate of drug-likeness (QED) is 0.104. The predicted molar refractivity (Wildman–Crippen MR) is 136 cm³/mol. The summed E-state index contributed by atoms with van der Waals surface area (Å²) in [6.45, 7) is 1.80. The lowest BCUT2D eigenvalue weighted by Crippen LogP contribution is -2.70. The fourth-order valence-electron chi connectivity index (χ4n) is 5.02. The van der Waals surface area contributed by atoms with Crippen LogP contribution in [0.3, 0.4) is 0 Å². The van der Waals surface area contributed by atoms with E-state index in [-0.39, 0.29) is 34.4 Å². The van der Waals surface area contributed by atoms with Gasteiger partial charge in [-0.3, -0.25) is 24.7 Å². The number of aliphatic carboxylic acids is 1. The summed E-state index contributed by atoms with van der Waals surface area (Å²) in [6.07, 6.45) is 4.03. The van der Waals surface area contributed by atoms with Gasteiger partial charge in [-0.2, -0.15) is 4.37 Å². The molecule has 4 aliphatic heterocycles. The van der Waals surface area contributed by atoms with E-state index in [1.165, 1.54) is 18.1 Å². The lowest BCUT2D eigenvalue weighted by atomic mass is 10.0. The van der Waals surface area contributed by atoms with E-state index in [1.807, 2.05) is 4.90 Å². The van der Waals surface area contributed by atoms with Gasteiger partial charge in [-0.05, 0) is 29.7 Å². The first kappa shape index (κ1) is 25.8. The first-order valence-electron chi connectivity index (χ1n) is 11.6. The van der Waals surface area contributed by atoms with Crippen LogP contribution in [-0.4, -0.2) is 102 Å². The van der Waals surface area contributed by atoms with Crippen LogP contribution in [0.25, 0.3) is 0 Å². The Labute approximate surface area is 223 Å². The number of carbonyl (C=O) groups is 4. The number of allylic oxidation sites excluding steroid dienone is 1. The van der Waals surface area contributed by atoms with E-state index in [0.717, 1.165) is 22.9 Å². The van der Waals surface area contributed by atoms with Crippen molar-refractivity contribution in [3.63, 3.8) is 0 Å². The number of carboxylic acid groups (broad SMARTS) is 1. The number of thioether (sulfide) groups is 1. The van der Waals surface area contributed by atoms with E-state index in [4.69, 9.17) is 11.1 Å². The van der Waals surface area contributed by atoms with Crippen molar-refractivity contribution in [1.82, 2.24) is 29.4 Å². The summed E-state index contributed by atoms with van der Waals surface area (Å²) in [5, 5.41) is 21.9. The molecular weight excluding hydrogens is 538 g/mol. The van der Waals surface area contributed by atoms with Crippen LogP contribution in [0.1, 0.15) is 24.7 Å². The average molecular weight is 562 g/mol. The number of aromatic nitrogens is 2. The molecular formula is C21H23N9O6S2. The number of nitroso groups, excluding NO2 is 1. The SMILES string of the molecule is N=CN1CC[C@@H](N2CCC(=CC3=C(C(=O)O)N4C(=O)[C@@H](NC(=O)C(N=O)c5nsc(N)n5)[C@H]4SC3)C2=O)C1. The van der Waals surface area contributed by atoms with E-state index in [0.29, 0.717) is 37.2 Å². The maximum Gasteiger partial charge on any atom is 0.352 e. The van der Waals surface area contributed by atoms with E-state index in [9.17, 15) is 29.2 Å². The number of nitrogens with zero attached hydrogens (tertiary/aromatic N) is 6. The number of rotatable bonds is 8. The molecule has 4 atom stereocenters. The highest BCUT2D eigenvalue weighted by atomic mass is 32.2. The molecule has 4 aliphatic rings. The molecule has 200 valence electrons. The van der Waals surface area contributed by atoms with E-state index in [2.05, 4.69) is 19.9 Å². The third-order valence-corrected chi connectivity index (χ3v) is 8.74. The Kier molecular flexibility index (Phi) is 6.87. The number of hydrogen-bond acceptors (Lipinski definition) is 12. The topological polar surface area (TPSA) is 215 Å². The van der Waals surface area contributed by atoms with Gasteiger partial charge >= 0.3 is 5.97 Å². The Morgan fingerprint density at radius 1 is 1.32 bits per heavy atom. The van der Waals surface area contributed by atoms with Crippen molar-refractivity contribution in [2.75, 3.05) is 31.1 Å². The first-order valence-corrected chi connectivity index (χ1v) is 13.4. The molecule has 0 saturated carbocycles. The molecule has 3 fully saturated rings. The van der Waals surface area contributed by atoms with Crippen LogP contribution >= 0.6 is 23.3 Å². The second-order valence-electron chi connectivity index (χ2n) is 9.06. The number of hydrogen-bond donors (Lipinski definition) is 4. The van der Waals surface area contributed by atoms with Gasteiger partial charge < -0.3 is 26.0 Å². The van der Waals surface area contributed by atoms with Gasteiger partial charge in [0.1, 0.15) is 17.1 Å². The zero-order valence-electron chi connectivity index (χ0n) is 19.8. The molecule has 5 rings (SSSR count). The molecule has 0 bridgehead atoms. The van der Waals surface area contributed by atoms with Crippen molar-refractivity contribution < 1.29 is 24.3 Å². The van der Waals surface area contributed by atoms with E-state index in [1.54, 1.807) is 11.0 Å². The second kappa shape index (κ2) is 10.1. The number of fused-ring (bicyclic) bond motifs is 1. The van der Waals surface area contributed by atoms with Crippen molar-refractivity contribution in [2.24, 2.45) is 5.18 Å².